The van der Waals surface area contributed by atoms with E-state index in [1.807, 2.05) is 11.8 Å². The smallest absolute Gasteiger partial charge is 0.0158 e. The van der Waals surface area contributed by atoms with E-state index in [-0.39, 0.29) is 0 Å². The fraction of sp³-hybridized carbons (Fsp3) is 1.00. The van der Waals surface area contributed by atoms with E-state index in [2.05, 4.69) is 32.3 Å². The first-order chi connectivity index (χ1) is 7.07. The van der Waals surface area contributed by atoms with Gasteiger partial charge in [-0.2, -0.15) is 11.8 Å². The van der Waals surface area contributed by atoms with Crippen LogP contribution in [0.4, 0.5) is 0 Å². The number of thioether (sulfide) groups is 1. The first-order valence-corrected chi connectivity index (χ1v) is 7.72. The van der Waals surface area contributed by atoms with Crippen molar-refractivity contribution >= 4 is 11.8 Å². The van der Waals surface area contributed by atoms with Crippen molar-refractivity contribution in [2.45, 2.75) is 65.0 Å². The molecule has 2 heteroatoms. The Morgan fingerprint density at radius 3 is 2.40 bits per heavy atom. The molecular formula is C13H27NS. The van der Waals surface area contributed by atoms with Crippen molar-refractivity contribution in [2.75, 3.05) is 12.0 Å². The van der Waals surface area contributed by atoms with Gasteiger partial charge in [-0.15, -0.1) is 0 Å². The Labute approximate surface area is 99.8 Å². The minimum Gasteiger partial charge on any atom is -0.310 e. The summed E-state index contributed by atoms with van der Waals surface area (Å²) in [6.07, 6.45) is 8.99. The molecule has 1 fully saturated rings. The standard InChI is InChI=1S/C13H27NS/c1-5-11(10-15-4)14-12-6-8-13(2,3)9-7-12/h11-12,14H,5-10H2,1-4H3. The Morgan fingerprint density at radius 1 is 1.33 bits per heavy atom. The molecule has 1 atom stereocenters. The van der Waals surface area contributed by atoms with Crippen molar-refractivity contribution in [3.8, 4) is 0 Å². The van der Waals surface area contributed by atoms with E-state index in [4.69, 9.17) is 0 Å². The molecule has 0 aliphatic heterocycles. The monoisotopic (exact) mass is 229 g/mol. The van der Waals surface area contributed by atoms with Gasteiger partial charge in [0.1, 0.15) is 0 Å². The highest BCUT2D eigenvalue weighted by Crippen LogP contribution is 2.35. The fourth-order valence-corrected chi connectivity index (χ4v) is 3.12. The molecule has 0 bridgehead atoms. The summed E-state index contributed by atoms with van der Waals surface area (Å²) in [4.78, 5) is 0. The van der Waals surface area contributed by atoms with Crippen molar-refractivity contribution in [1.29, 1.82) is 0 Å². The molecule has 0 saturated heterocycles. The molecule has 1 rings (SSSR count). The third-order valence-electron chi connectivity index (χ3n) is 3.67. The first kappa shape index (κ1) is 13.4. The normalized spacial score (nSPS) is 24.0. The first-order valence-electron chi connectivity index (χ1n) is 6.32. The molecule has 1 aliphatic carbocycles. The van der Waals surface area contributed by atoms with Crippen LogP contribution >= 0.6 is 11.8 Å². The highest BCUT2D eigenvalue weighted by molar-refractivity contribution is 7.98. The molecule has 0 aromatic rings. The van der Waals surface area contributed by atoms with Crippen molar-refractivity contribution in [3.63, 3.8) is 0 Å². The van der Waals surface area contributed by atoms with Crippen molar-refractivity contribution in [1.82, 2.24) is 5.32 Å². The van der Waals surface area contributed by atoms with Gasteiger partial charge in [0.15, 0.2) is 0 Å². The average Bonchev–Trinajstić information content (AvgIpc) is 2.20. The lowest BCUT2D eigenvalue weighted by molar-refractivity contribution is 0.199. The molecular weight excluding hydrogens is 202 g/mol. The Hall–Kier alpha value is 0.310. The molecule has 0 amide bonds. The van der Waals surface area contributed by atoms with Gasteiger partial charge in [-0.3, -0.25) is 0 Å². The maximum atomic E-state index is 3.82. The predicted octanol–water partition coefficient (Wildman–Crippen LogP) is 3.69. The van der Waals surface area contributed by atoms with Crippen LogP contribution in [0, 0.1) is 5.41 Å². The van der Waals surface area contributed by atoms with Crippen LogP contribution in [-0.4, -0.2) is 24.1 Å². The van der Waals surface area contributed by atoms with Gasteiger partial charge < -0.3 is 5.32 Å². The molecule has 15 heavy (non-hydrogen) atoms. The second kappa shape index (κ2) is 6.15. The van der Waals surface area contributed by atoms with Crippen LogP contribution in [-0.2, 0) is 0 Å². The summed E-state index contributed by atoms with van der Waals surface area (Å²) in [5.74, 6) is 1.26. The van der Waals surface area contributed by atoms with Gasteiger partial charge in [0.2, 0.25) is 0 Å². The summed E-state index contributed by atoms with van der Waals surface area (Å²) in [6, 6.07) is 1.52. The third kappa shape index (κ3) is 4.78. The zero-order chi connectivity index (χ0) is 11.3. The lowest BCUT2D eigenvalue weighted by Crippen LogP contribution is -2.42. The second-order valence-corrected chi connectivity index (χ2v) is 6.58. The molecule has 1 N–H and O–H groups in total. The van der Waals surface area contributed by atoms with Gasteiger partial charge in [-0.25, -0.2) is 0 Å². The van der Waals surface area contributed by atoms with Gasteiger partial charge in [0.25, 0.3) is 0 Å². The molecule has 90 valence electrons. The van der Waals surface area contributed by atoms with E-state index in [9.17, 15) is 0 Å². The third-order valence-corrected chi connectivity index (χ3v) is 4.41. The molecule has 0 radical (unpaired) electrons. The molecule has 1 unspecified atom stereocenters. The van der Waals surface area contributed by atoms with E-state index >= 15 is 0 Å². The SMILES string of the molecule is CCC(CSC)NC1CCC(C)(C)CC1. The van der Waals surface area contributed by atoms with Crippen LogP contribution in [0.3, 0.4) is 0 Å². The Morgan fingerprint density at radius 2 is 1.93 bits per heavy atom. The lowest BCUT2D eigenvalue weighted by atomic mass is 9.75. The number of hydrogen-bond donors (Lipinski definition) is 1. The van der Waals surface area contributed by atoms with E-state index in [1.165, 1.54) is 37.9 Å². The van der Waals surface area contributed by atoms with Gasteiger partial charge in [-0.1, -0.05) is 20.8 Å². The molecule has 0 heterocycles. The Kier molecular flexibility index (Phi) is 5.48. The number of rotatable bonds is 5. The highest BCUT2D eigenvalue weighted by atomic mass is 32.2. The van der Waals surface area contributed by atoms with Crippen molar-refractivity contribution in [2.24, 2.45) is 5.41 Å². The molecule has 0 spiro atoms. The second-order valence-electron chi connectivity index (χ2n) is 5.67. The van der Waals surface area contributed by atoms with Gasteiger partial charge >= 0.3 is 0 Å². The van der Waals surface area contributed by atoms with Crippen LogP contribution < -0.4 is 5.32 Å². The summed E-state index contributed by atoms with van der Waals surface area (Å²) in [7, 11) is 0. The van der Waals surface area contributed by atoms with Crippen LogP contribution in [0.25, 0.3) is 0 Å². The lowest BCUT2D eigenvalue weighted by Gasteiger charge is -2.36. The van der Waals surface area contributed by atoms with Crippen LogP contribution in [0.5, 0.6) is 0 Å². The largest absolute Gasteiger partial charge is 0.310 e. The van der Waals surface area contributed by atoms with Crippen molar-refractivity contribution in [3.05, 3.63) is 0 Å². The summed E-state index contributed by atoms with van der Waals surface area (Å²) in [5.41, 5.74) is 0.597. The minimum atomic E-state index is 0.597. The zero-order valence-electron chi connectivity index (χ0n) is 10.8. The topological polar surface area (TPSA) is 12.0 Å². The number of nitrogens with one attached hydrogen (secondary N) is 1. The zero-order valence-corrected chi connectivity index (χ0v) is 11.6. The summed E-state index contributed by atoms with van der Waals surface area (Å²) >= 11 is 1.96. The van der Waals surface area contributed by atoms with Gasteiger partial charge in [0, 0.05) is 17.8 Å². The maximum Gasteiger partial charge on any atom is 0.0158 e. The quantitative estimate of drug-likeness (QED) is 0.772. The summed E-state index contributed by atoms with van der Waals surface area (Å²) < 4.78 is 0. The van der Waals surface area contributed by atoms with Crippen LogP contribution in [0.15, 0.2) is 0 Å². The molecule has 1 saturated carbocycles. The van der Waals surface area contributed by atoms with Crippen molar-refractivity contribution < 1.29 is 0 Å². The highest BCUT2D eigenvalue weighted by Gasteiger charge is 2.27. The van der Waals surface area contributed by atoms with Gasteiger partial charge in [-0.05, 0) is 43.8 Å². The average molecular weight is 229 g/mol. The number of hydrogen-bond acceptors (Lipinski definition) is 2. The predicted molar refractivity (Wildman–Crippen MR) is 71.6 cm³/mol. The minimum absolute atomic E-state index is 0.597. The van der Waals surface area contributed by atoms with E-state index in [0.29, 0.717) is 5.41 Å². The summed E-state index contributed by atoms with van der Waals surface area (Å²) in [5, 5.41) is 3.82. The van der Waals surface area contributed by atoms with Crippen LogP contribution in [0.2, 0.25) is 0 Å². The summed E-state index contributed by atoms with van der Waals surface area (Å²) in [6.45, 7) is 7.10. The Bertz CT molecular complexity index is 169. The molecule has 0 aromatic carbocycles. The van der Waals surface area contributed by atoms with Crippen LogP contribution in [0.1, 0.15) is 52.9 Å². The fourth-order valence-electron chi connectivity index (χ4n) is 2.38. The van der Waals surface area contributed by atoms with E-state index in [0.717, 1.165) is 12.1 Å². The molecule has 1 nitrogen and oxygen atoms in total. The van der Waals surface area contributed by atoms with E-state index < -0.39 is 0 Å². The molecule has 0 aromatic heterocycles. The van der Waals surface area contributed by atoms with Gasteiger partial charge in [0.05, 0.1) is 0 Å². The maximum absolute atomic E-state index is 3.82. The van der Waals surface area contributed by atoms with E-state index in [1.54, 1.807) is 0 Å². The Balaban J connectivity index is 2.28. The molecule has 1 aliphatic rings.